The predicted octanol–water partition coefficient (Wildman–Crippen LogP) is 5.61. The summed E-state index contributed by atoms with van der Waals surface area (Å²) in [5.41, 5.74) is 4.35. The Bertz CT molecular complexity index is 1250. The second-order valence-corrected chi connectivity index (χ2v) is 9.24. The van der Waals surface area contributed by atoms with E-state index in [0.717, 1.165) is 35.9 Å². The Balaban J connectivity index is 1.49. The van der Waals surface area contributed by atoms with Crippen LogP contribution in [0.5, 0.6) is 0 Å². The van der Waals surface area contributed by atoms with Crippen molar-refractivity contribution in [1.29, 1.82) is 0 Å². The highest BCUT2D eigenvalue weighted by molar-refractivity contribution is 5.86. The van der Waals surface area contributed by atoms with E-state index in [4.69, 9.17) is 0 Å². The molecule has 0 bridgehead atoms. The lowest BCUT2D eigenvalue weighted by molar-refractivity contribution is -0.140. The lowest BCUT2D eigenvalue weighted by atomic mass is 10.1. The molecule has 1 aromatic heterocycles. The number of para-hydroxylation sites is 1. The van der Waals surface area contributed by atoms with Gasteiger partial charge in [0.05, 0.1) is 13.0 Å². The number of aromatic nitrogens is 1. The van der Waals surface area contributed by atoms with E-state index in [-0.39, 0.29) is 18.4 Å². The smallest absolute Gasteiger partial charge is 0.242 e. The summed E-state index contributed by atoms with van der Waals surface area (Å²) in [4.78, 5) is 33.8. The molecule has 3 aromatic carbocycles. The van der Waals surface area contributed by atoms with E-state index in [0.29, 0.717) is 26.1 Å². The fourth-order valence-corrected chi connectivity index (χ4v) is 4.48. The monoisotopic (exact) mass is 481 g/mol. The number of amides is 2. The van der Waals surface area contributed by atoms with Crippen molar-refractivity contribution in [2.45, 2.75) is 39.2 Å². The number of aromatic amines is 1. The van der Waals surface area contributed by atoms with Crippen molar-refractivity contribution in [2.24, 2.45) is 0 Å². The Morgan fingerprint density at radius 2 is 1.42 bits per heavy atom. The van der Waals surface area contributed by atoms with E-state index < -0.39 is 0 Å². The molecule has 186 valence electrons. The van der Waals surface area contributed by atoms with E-state index in [1.807, 2.05) is 83.9 Å². The highest BCUT2D eigenvalue weighted by Gasteiger charge is 2.22. The molecule has 5 nitrogen and oxygen atoms in total. The molecule has 5 heteroatoms. The fourth-order valence-electron chi connectivity index (χ4n) is 4.48. The number of nitrogens with one attached hydrogen (secondary N) is 1. The van der Waals surface area contributed by atoms with Crippen LogP contribution in [0.15, 0.2) is 91.1 Å². The maximum absolute atomic E-state index is 13.6. The first kappa shape index (κ1) is 25.2. The van der Waals surface area contributed by atoms with Crippen molar-refractivity contribution >= 4 is 22.7 Å². The standard InChI is InChI=1S/C31H35N3O2/c1-2-3-19-33(30(35)21-25-12-6-4-7-13-25)24-31(36)34(23-26-14-8-5-9-15-26)20-18-27-22-32-29-17-11-10-16-28(27)29/h4-17,22,32H,2-3,18-21,23-24H2,1H3. The third-order valence-electron chi connectivity index (χ3n) is 6.55. The maximum Gasteiger partial charge on any atom is 0.242 e. The molecule has 0 aliphatic heterocycles. The lowest BCUT2D eigenvalue weighted by Gasteiger charge is -2.28. The Labute approximate surface area is 213 Å². The molecule has 0 radical (unpaired) electrons. The molecule has 0 saturated carbocycles. The second kappa shape index (κ2) is 12.7. The van der Waals surface area contributed by atoms with Crippen LogP contribution in [-0.2, 0) is 29.0 Å². The van der Waals surface area contributed by atoms with Crippen LogP contribution in [-0.4, -0.2) is 46.2 Å². The summed E-state index contributed by atoms with van der Waals surface area (Å²) in [5.74, 6) is -0.0181. The van der Waals surface area contributed by atoms with E-state index in [2.05, 4.69) is 24.0 Å². The summed E-state index contributed by atoms with van der Waals surface area (Å²) < 4.78 is 0. The topological polar surface area (TPSA) is 56.4 Å². The van der Waals surface area contributed by atoms with E-state index >= 15 is 0 Å². The summed E-state index contributed by atoms with van der Waals surface area (Å²) in [6.07, 6.45) is 4.94. The molecule has 0 fully saturated rings. The molecule has 0 saturated heterocycles. The van der Waals surface area contributed by atoms with Crippen molar-refractivity contribution in [3.8, 4) is 0 Å². The lowest BCUT2D eigenvalue weighted by Crippen LogP contribution is -2.44. The minimum Gasteiger partial charge on any atom is -0.361 e. The number of rotatable bonds is 12. The molecule has 0 aliphatic rings. The average Bonchev–Trinajstić information content (AvgIpc) is 3.33. The summed E-state index contributed by atoms with van der Waals surface area (Å²) in [6.45, 7) is 3.91. The van der Waals surface area contributed by atoms with Crippen molar-refractivity contribution in [1.82, 2.24) is 14.8 Å². The summed E-state index contributed by atoms with van der Waals surface area (Å²) in [6, 6.07) is 28.0. The highest BCUT2D eigenvalue weighted by atomic mass is 16.2. The predicted molar refractivity (Wildman–Crippen MR) is 145 cm³/mol. The number of nitrogens with zero attached hydrogens (tertiary/aromatic N) is 2. The Hall–Kier alpha value is -3.86. The molecule has 0 aliphatic carbocycles. The summed E-state index contributed by atoms with van der Waals surface area (Å²) in [5, 5.41) is 1.19. The SMILES string of the molecule is CCCCN(CC(=O)N(CCc1c[nH]c2ccccc12)Cc1ccccc1)C(=O)Cc1ccccc1. The number of fused-ring (bicyclic) bond motifs is 1. The second-order valence-electron chi connectivity index (χ2n) is 9.24. The zero-order valence-corrected chi connectivity index (χ0v) is 21.0. The third kappa shape index (κ3) is 6.85. The quantitative estimate of drug-likeness (QED) is 0.286. The van der Waals surface area contributed by atoms with Crippen molar-refractivity contribution in [3.63, 3.8) is 0 Å². The van der Waals surface area contributed by atoms with Gasteiger partial charge in [-0.05, 0) is 35.6 Å². The first-order valence-electron chi connectivity index (χ1n) is 12.8. The zero-order valence-electron chi connectivity index (χ0n) is 21.0. The largest absolute Gasteiger partial charge is 0.361 e. The van der Waals surface area contributed by atoms with Gasteiger partial charge in [0.1, 0.15) is 0 Å². The van der Waals surface area contributed by atoms with Gasteiger partial charge < -0.3 is 14.8 Å². The Morgan fingerprint density at radius 3 is 2.14 bits per heavy atom. The number of carbonyl (C=O) groups is 2. The molecule has 0 unspecified atom stereocenters. The molecule has 4 aromatic rings. The van der Waals surface area contributed by atoms with Gasteiger partial charge in [0.2, 0.25) is 11.8 Å². The zero-order chi connectivity index (χ0) is 25.2. The average molecular weight is 482 g/mol. The van der Waals surface area contributed by atoms with E-state index in [1.165, 1.54) is 10.9 Å². The molecule has 0 atom stereocenters. The molecule has 2 amide bonds. The van der Waals surface area contributed by atoms with Gasteiger partial charge in [-0.15, -0.1) is 0 Å². The van der Waals surface area contributed by atoms with Crippen LogP contribution in [0.3, 0.4) is 0 Å². The number of hydrogen-bond acceptors (Lipinski definition) is 2. The number of unbranched alkanes of at least 4 members (excludes halogenated alkanes) is 1. The third-order valence-corrected chi connectivity index (χ3v) is 6.55. The van der Waals surface area contributed by atoms with Crippen LogP contribution in [0, 0.1) is 0 Å². The number of carbonyl (C=O) groups excluding carboxylic acids is 2. The first-order chi connectivity index (χ1) is 17.6. The van der Waals surface area contributed by atoms with Gasteiger partial charge in [-0.1, -0.05) is 92.2 Å². The maximum atomic E-state index is 13.6. The van der Waals surface area contributed by atoms with Crippen LogP contribution >= 0.6 is 0 Å². The van der Waals surface area contributed by atoms with Gasteiger partial charge in [0, 0.05) is 36.7 Å². The number of H-pyrrole nitrogens is 1. The van der Waals surface area contributed by atoms with Crippen LogP contribution in [0.1, 0.15) is 36.5 Å². The molecular formula is C31H35N3O2. The highest BCUT2D eigenvalue weighted by Crippen LogP contribution is 2.19. The van der Waals surface area contributed by atoms with Crippen LogP contribution in [0.2, 0.25) is 0 Å². The summed E-state index contributed by atoms with van der Waals surface area (Å²) in [7, 11) is 0. The van der Waals surface area contributed by atoms with E-state index in [1.54, 1.807) is 4.90 Å². The van der Waals surface area contributed by atoms with Gasteiger partial charge in [-0.3, -0.25) is 9.59 Å². The molecular weight excluding hydrogens is 446 g/mol. The number of hydrogen-bond donors (Lipinski definition) is 1. The minimum absolute atomic E-state index is 0.000658. The normalized spacial score (nSPS) is 10.9. The first-order valence-corrected chi connectivity index (χ1v) is 12.8. The molecule has 1 heterocycles. The molecule has 36 heavy (non-hydrogen) atoms. The van der Waals surface area contributed by atoms with Gasteiger partial charge in [-0.25, -0.2) is 0 Å². The van der Waals surface area contributed by atoms with Gasteiger partial charge in [0.25, 0.3) is 0 Å². The van der Waals surface area contributed by atoms with Gasteiger partial charge >= 0.3 is 0 Å². The van der Waals surface area contributed by atoms with Crippen LogP contribution in [0.4, 0.5) is 0 Å². The minimum atomic E-state index is -0.0174. The van der Waals surface area contributed by atoms with Gasteiger partial charge in [0.15, 0.2) is 0 Å². The molecule has 4 rings (SSSR count). The van der Waals surface area contributed by atoms with Crippen LogP contribution in [0.25, 0.3) is 10.9 Å². The van der Waals surface area contributed by atoms with Crippen molar-refractivity contribution in [2.75, 3.05) is 19.6 Å². The van der Waals surface area contributed by atoms with Crippen LogP contribution < -0.4 is 0 Å². The van der Waals surface area contributed by atoms with E-state index in [9.17, 15) is 9.59 Å². The van der Waals surface area contributed by atoms with Crippen molar-refractivity contribution < 1.29 is 9.59 Å². The summed E-state index contributed by atoms with van der Waals surface area (Å²) >= 11 is 0. The fraction of sp³-hybridized carbons (Fsp3) is 0.290. The van der Waals surface area contributed by atoms with Gasteiger partial charge in [-0.2, -0.15) is 0 Å². The number of benzene rings is 3. The molecule has 1 N–H and O–H groups in total. The Kier molecular flexibility index (Phi) is 8.92. The molecule has 0 spiro atoms. The van der Waals surface area contributed by atoms with Crippen molar-refractivity contribution in [3.05, 3.63) is 108 Å². The Morgan fingerprint density at radius 1 is 0.750 bits per heavy atom.